The zero-order chi connectivity index (χ0) is 45.3. The van der Waals surface area contributed by atoms with Gasteiger partial charge in [0.05, 0.1) is 13.2 Å². The molecule has 2 heteroatoms. The maximum absolute atomic E-state index is 5.20. The quantitative estimate of drug-likeness (QED) is 0.0844. The van der Waals surface area contributed by atoms with Gasteiger partial charge in [-0.05, 0) is 86.4 Å². The molecule has 2 nitrogen and oxygen atoms in total. The van der Waals surface area contributed by atoms with E-state index in [0.717, 1.165) is 74.3 Å². The van der Waals surface area contributed by atoms with Crippen molar-refractivity contribution in [3.05, 3.63) is 12.2 Å². The van der Waals surface area contributed by atoms with Crippen molar-refractivity contribution in [1.29, 1.82) is 0 Å². The Kier molecular flexibility index (Phi) is 83.5. The van der Waals surface area contributed by atoms with Crippen LogP contribution in [-0.4, -0.2) is 26.4 Å². The summed E-state index contributed by atoms with van der Waals surface area (Å²) in [4.78, 5) is 0. The Labute approximate surface area is 407 Å². The summed E-state index contributed by atoms with van der Waals surface area (Å²) in [6, 6.07) is 0. The van der Waals surface area contributed by atoms with Crippen LogP contribution in [0.2, 0.25) is 0 Å². The normalized spacial score (nSPS) is 19.4. The van der Waals surface area contributed by atoms with Crippen molar-refractivity contribution in [3.63, 3.8) is 0 Å². The molecule has 0 saturated heterocycles. The van der Waals surface area contributed by atoms with Crippen LogP contribution in [0.25, 0.3) is 0 Å². The first-order valence-electron chi connectivity index (χ1n) is 27.4. The van der Waals surface area contributed by atoms with Gasteiger partial charge in [0.25, 0.3) is 0 Å². The van der Waals surface area contributed by atoms with Crippen molar-refractivity contribution >= 4 is 0 Å². The molecule has 2 atom stereocenters. The van der Waals surface area contributed by atoms with E-state index in [2.05, 4.69) is 116 Å². The van der Waals surface area contributed by atoms with Gasteiger partial charge in [0.2, 0.25) is 0 Å². The summed E-state index contributed by atoms with van der Waals surface area (Å²) in [7, 11) is 0. The first-order valence-corrected chi connectivity index (χ1v) is 27.4. The Balaban J connectivity index is -0.0000000945. The van der Waals surface area contributed by atoms with Crippen LogP contribution < -0.4 is 0 Å². The van der Waals surface area contributed by atoms with Gasteiger partial charge in [-0.15, -0.1) is 0 Å². The van der Waals surface area contributed by atoms with E-state index < -0.39 is 0 Å². The minimum Gasteiger partial charge on any atom is -0.379 e. The highest BCUT2D eigenvalue weighted by atomic mass is 16.5. The van der Waals surface area contributed by atoms with E-state index in [1.54, 1.807) is 0 Å². The molecule has 3 rings (SSSR count). The van der Waals surface area contributed by atoms with Crippen LogP contribution in [0.15, 0.2) is 12.2 Å². The molecule has 3 fully saturated rings. The lowest BCUT2D eigenvalue weighted by Crippen LogP contribution is -2.23. The lowest BCUT2D eigenvalue weighted by molar-refractivity contribution is 0.0483. The third kappa shape index (κ3) is 55.9. The van der Waals surface area contributed by atoms with Crippen molar-refractivity contribution in [2.24, 2.45) is 35.0 Å². The summed E-state index contributed by atoms with van der Waals surface area (Å²) in [5, 5.41) is 0. The van der Waals surface area contributed by atoms with Crippen LogP contribution in [0.5, 0.6) is 0 Å². The number of ether oxygens (including phenoxy) is 2. The van der Waals surface area contributed by atoms with Crippen molar-refractivity contribution in [2.45, 2.75) is 326 Å². The van der Waals surface area contributed by atoms with Crippen molar-refractivity contribution in [2.75, 3.05) is 26.4 Å². The highest BCUT2D eigenvalue weighted by Gasteiger charge is 2.29. The summed E-state index contributed by atoms with van der Waals surface area (Å²) >= 11 is 0. The average Bonchev–Trinajstić information content (AvgIpc) is 3.28. The Hall–Kier alpha value is -0.340. The average molecular weight is 902 g/mol. The fraction of sp³-hybridized carbons (Fsp3) is 0.967. The van der Waals surface area contributed by atoms with Gasteiger partial charge in [-0.1, -0.05) is 287 Å². The first-order chi connectivity index (χ1) is 28.6. The van der Waals surface area contributed by atoms with Crippen molar-refractivity contribution in [3.8, 4) is 0 Å². The Bertz CT molecular complexity index is 672. The molecule has 0 aromatic heterocycles. The SMILES string of the molecule is C.C.C.C.CCC.CCC(C)CC.CCC/C=C/CCC.CCC1CCC(CC)CC1.CCC1CCCCC1CC.CCCC1(CCC)CCCCC1.CCCOCCOCCC. The van der Waals surface area contributed by atoms with Gasteiger partial charge >= 0.3 is 0 Å². The molecular formula is C61H136O2. The second-order valence-corrected chi connectivity index (χ2v) is 18.8. The summed E-state index contributed by atoms with van der Waals surface area (Å²) in [6.45, 7) is 36.8. The Morgan fingerprint density at radius 3 is 1.02 bits per heavy atom. The summed E-state index contributed by atoms with van der Waals surface area (Å²) in [5.74, 6) is 5.22. The minimum atomic E-state index is 0. The monoisotopic (exact) mass is 901 g/mol. The zero-order valence-electron chi connectivity index (χ0n) is 44.4. The molecule has 0 amide bonds. The zero-order valence-corrected chi connectivity index (χ0v) is 44.4. The van der Waals surface area contributed by atoms with Gasteiger partial charge in [0, 0.05) is 13.2 Å². The van der Waals surface area contributed by atoms with Gasteiger partial charge in [-0.2, -0.15) is 0 Å². The van der Waals surface area contributed by atoms with E-state index in [4.69, 9.17) is 9.47 Å². The number of hydrogen-bond donors (Lipinski definition) is 0. The second-order valence-electron chi connectivity index (χ2n) is 18.8. The highest BCUT2D eigenvalue weighted by Crippen LogP contribution is 2.43. The fourth-order valence-corrected chi connectivity index (χ4v) is 8.86. The molecular weight excluding hydrogens is 765 g/mol. The van der Waals surface area contributed by atoms with E-state index >= 15 is 0 Å². The lowest BCUT2D eigenvalue weighted by atomic mass is 9.69. The predicted octanol–water partition coefficient (Wildman–Crippen LogP) is 23.1. The van der Waals surface area contributed by atoms with E-state index in [1.807, 2.05) is 0 Å². The lowest BCUT2D eigenvalue weighted by Gasteiger charge is -2.37. The Morgan fingerprint density at radius 2 is 0.778 bits per heavy atom. The van der Waals surface area contributed by atoms with Gasteiger partial charge in [0.1, 0.15) is 0 Å². The third-order valence-corrected chi connectivity index (χ3v) is 13.3. The highest BCUT2D eigenvalue weighted by molar-refractivity contribution is 4.82. The standard InChI is InChI=1S/C12H24.2C10H20.C8H18O2.C8H16.C6H14.C3H8.4CH4/c1-3-8-12(9-4-2)10-6-5-7-11-12;1-3-9-5-7-10(4-2)8-6-9;1-3-9-7-5-6-8-10(9)4-2;1-3-5-9-7-8-10-6-4-2;1-3-5-7-8-6-4-2;1-4-6(3)5-2;1-3-2;;;;/h3-11H2,1-2H3;2*9-10H,3-8H2,1-2H3;3-8H2,1-2H3;7-8H,3-6H2,1-2H3;6H,4-5H2,1-3H3;3H2,1-2H3;4*1H4/b;;;;8-7+;;;;;;. The topological polar surface area (TPSA) is 18.5 Å². The molecule has 0 aromatic rings. The molecule has 3 aliphatic rings. The molecule has 0 spiro atoms. The van der Waals surface area contributed by atoms with E-state index in [9.17, 15) is 0 Å². The van der Waals surface area contributed by atoms with Gasteiger partial charge in [-0.3, -0.25) is 0 Å². The first kappa shape index (κ1) is 79.7. The molecule has 3 saturated carbocycles. The van der Waals surface area contributed by atoms with Crippen LogP contribution in [0.1, 0.15) is 326 Å². The van der Waals surface area contributed by atoms with Crippen LogP contribution in [0, 0.1) is 35.0 Å². The fourth-order valence-electron chi connectivity index (χ4n) is 8.86. The van der Waals surface area contributed by atoms with Crippen molar-refractivity contribution < 1.29 is 9.47 Å². The van der Waals surface area contributed by atoms with Gasteiger partial charge in [-0.25, -0.2) is 0 Å². The number of allylic oxidation sites excluding steroid dienone is 2. The van der Waals surface area contributed by atoms with E-state index in [-0.39, 0.29) is 29.7 Å². The molecule has 3 aliphatic carbocycles. The summed E-state index contributed by atoms with van der Waals surface area (Å²) in [5.41, 5.74) is 0.780. The second kappa shape index (κ2) is 65.9. The van der Waals surface area contributed by atoms with Crippen molar-refractivity contribution in [1.82, 2.24) is 0 Å². The largest absolute Gasteiger partial charge is 0.379 e. The van der Waals surface area contributed by atoms with E-state index in [0.29, 0.717) is 0 Å². The van der Waals surface area contributed by atoms with E-state index in [1.165, 1.54) is 180 Å². The molecule has 2 unspecified atom stereocenters. The van der Waals surface area contributed by atoms with Crippen LogP contribution in [0.4, 0.5) is 0 Å². The smallest absolute Gasteiger partial charge is 0.0700 e. The molecule has 0 heterocycles. The van der Waals surface area contributed by atoms with Gasteiger partial charge < -0.3 is 9.47 Å². The van der Waals surface area contributed by atoms with Crippen LogP contribution in [0.3, 0.4) is 0 Å². The summed E-state index contributed by atoms with van der Waals surface area (Å²) < 4.78 is 10.4. The number of unbranched alkanes of at least 4 members (excludes halogenated alkanes) is 2. The molecule has 0 aliphatic heterocycles. The maximum Gasteiger partial charge on any atom is 0.0700 e. The molecule has 0 aromatic carbocycles. The van der Waals surface area contributed by atoms with Crippen LogP contribution in [-0.2, 0) is 9.47 Å². The maximum atomic E-state index is 5.20. The molecule has 392 valence electrons. The third-order valence-electron chi connectivity index (χ3n) is 13.3. The molecule has 0 bridgehead atoms. The molecule has 0 radical (unpaired) electrons. The number of rotatable bonds is 21. The predicted molar refractivity (Wildman–Crippen MR) is 301 cm³/mol. The minimum absolute atomic E-state index is 0. The molecule has 0 N–H and O–H groups in total. The Morgan fingerprint density at radius 1 is 0.429 bits per heavy atom. The summed E-state index contributed by atoms with van der Waals surface area (Å²) in [6.07, 6.45) is 46.7. The molecule has 63 heavy (non-hydrogen) atoms. The number of hydrogen-bond acceptors (Lipinski definition) is 2. The van der Waals surface area contributed by atoms with Crippen LogP contribution >= 0.6 is 0 Å². The van der Waals surface area contributed by atoms with Gasteiger partial charge in [0.15, 0.2) is 0 Å².